The van der Waals surface area contributed by atoms with Gasteiger partial charge in [-0.25, -0.2) is 0 Å². The van der Waals surface area contributed by atoms with Gasteiger partial charge in [-0.2, -0.15) is 11.3 Å². The van der Waals surface area contributed by atoms with E-state index in [2.05, 4.69) is 5.32 Å². The summed E-state index contributed by atoms with van der Waals surface area (Å²) in [5.74, 6) is 0. The van der Waals surface area contributed by atoms with Gasteiger partial charge in [-0.3, -0.25) is 0 Å². The van der Waals surface area contributed by atoms with Crippen LogP contribution in [-0.4, -0.2) is 30.5 Å². The quantitative estimate of drug-likeness (QED) is 0.804. The van der Waals surface area contributed by atoms with E-state index in [4.69, 9.17) is 4.74 Å². The molecule has 16 heavy (non-hydrogen) atoms. The van der Waals surface area contributed by atoms with Crippen LogP contribution in [0.4, 0.5) is 5.69 Å². The fraction of sp³-hybridized carbons (Fsp3) is 0.667. The lowest BCUT2D eigenvalue weighted by atomic mass is 10.3. The number of hydrogen-bond donors (Lipinski definition) is 2. The van der Waals surface area contributed by atoms with Crippen molar-refractivity contribution in [1.82, 2.24) is 0 Å². The van der Waals surface area contributed by atoms with Gasteiger partial charge in [0.15, 0.2) is 0 Å². The summed E-state index contributed by atoms with van der Waals surface area (Å²) < 4.78 is 5.65. The number of aliphatic hydroxyl groups is 1. The van der Waals surface area contributed by atoms with E-state index >= 15 is 0 Å². The van der Waals surface area contributed by atoms with E-state index in [0.29, 0.717) is 19.3 Å². The molecule has 1 saturated carbocycles. The number of aliphatic hydroxyl groups excluding tert-OH is 1. The first-order valence-electron chi connectivity index (χ1n) is 5.90. The van der Waals surface area contributed by atoms with Crippen LogP contribution in [0.5, 0.6) is 0 Å². The second kappa shape index (κ2) is 6.23. The summed E-state index contributed by atoms with van der Waals surface area (Å²) in [6, 6.07) is 2.01. The molecular formula is C12H19NO2S. The molecule has 1 aliphatic rings. The summed E-state index contributed by atoms with van der Waals surface area (Å²) in [6.45, 7) is 1.01. The predicted molar refractivity (Wildman–Crippen MR) is 67.0 cm³/mol. The summed E-state index contributed by atoms with van der Waals surface area (Å²) in [6.07, 6.45) is 4.83. The summed E-state index contributed by atoms with van der Waals surface area (Å²) in [5.41, 5.74) is 1.07. The molecule has 0 amide bonds. The van der Waals surface area contributed by atoms with Crippen molar-refractivity contribution in [3.63, 3.8) is 0 Å². The fourth-order valence-electron chi connectivity index (χ4n) is 1.96. The van der Waals surface area contributed by atoms with Crippen molar-refractivity contribution in [1.29, 1.82) is 0 Å². The van der Waals surface area contributed by atoms with Gasteiger partial charge in [0.25, 0.3) is 0 Å². The Morgan fingerprint density at radius 1 is 1.50 bits per heavy atom. The number of thiophene rings is 1. The predicted octanol–water partition coefficient (Wildman–Crippen LogP) is 2.48. The highest BCUT2D eigenvalue weighted by Crippen LogP contribution is 2.21. The average Bonchev–Trinajstić information content (AvgIpc) is 2.96. The number of nitrogens with one attached hydrogen (secondary N) is 1. The number of rotatable bonds is 6. The van der Waals surface area contributed by atoms with Crippen molar-refractivity contribution in [2.24, 2.45) is 0 Å². The maximum Gasteiger partial charge on any atom is 0.0945 e. The SMILES string of the molecule is OC(CNc1ccsc1)COC1CCCC1. The van der Waals surface area contributed by atoms with E-state index in [0.717, 1.165) is 18.5 Å². The smallest absolute Gasteiger partial charge is 0.0945 e. The van der Waals surface area contributed by atoms with Crippen LogP contribution in [-0.2, 0) is 4.74 Å². The maximum atomic E-state index is 9.72. The van der Waals surface area contributed by atoms with Crippen LogP contribution in [0.25, 0.3) is 0 Å². The molecule has 0 radical (unpaired) electrons. The number of anilines is 1. The normalized spacial score (nSPS) is 18.8. The zero-order valence-electron chi connectivity index (χ0n) is 9.39. The molecule has 0 aromatic carbocycles. The zero-order valence-corrected chi connectivity index (χ0v) is 10.2. The van der Waals surface area contributed by atoms with Crippen LogP contribution in [0, 0.1) is 0 Å². The molecule has 3 nitrogen and oxygen atoms in total. The summed E-state index contributed by atoms with van der Waals surface area (Å²) >= 11 is 1.65. The third-order valence-corrected chi connectivity index (χ3v) is 3.57. The lowest BCUT2D eigenvalue weighted by Crippen LogP contribution is -2.26. The fourth-order valence-corrected chi connectivity index (χ4v) is 2.57. The summed E-state index contributed by atoms with van der Waals surface area (Å²) in [5, 5.41) is 17.0. The lowest BCUT2D eigenvalue weighted by Gasteiger charge is -2.16. The van der Waals surface area contributed by atoms with Crippen LogP contribution in [0.15, 0.2) is 16.8 Å². The minimum atomic E-state index is -0.416. The summed E-state index contributed by atoms with van der Waals surface area (Å²) in [4.78, 5) is 0. The first kappa shape index (κ1) is 11.9. The molecule has 1 aliphatic carbocycles. The van der Waals surface area contributed by atoms with Crippen molar-refractivity contribution in [3.05, 3.63) is 16.8 Å². The molecule has 1 aromatic rings. The van der Waals surface area contributed by atoms with Crippen molar-refractivity contribution >= 4 is 17.0 Å². The number of hydrogen-bond acceptors (Lipinski definition) is 4. The Balaban J connectivity index is 1.58. The van der Waals surface area contributed by atoms with Crippen LogP contribution in [0.3, 0.4) is 0 Å². The third kappa shape index (κ3) is 3.77. The van der Waals surface area contributed by atoms with Gasteiger partial charge in [-0.05, 0) is 24.3 Å². The van der Waals surface area contributed by atoms with E-state index in [1.807, 2.05) is 16.8 Å². The Labute approximate surface area is 100 Å². The molecule has 0 aliphatic heterocycles. The molecule has 0 spiro atoms. The van der Waals surface area contributed by atoms with E-state index in [1.165, 1.54) is 12.8 Å². The van der Waals surface area contributed by atoms with Gasteiger partial charge in [-0.1, -0.05) is 12.8 Å². The molecule has 1 unspecified atom stereocenters. The first-order chi connectivity index (χ1) is 7.84. The largest absolute Gasteiger partial charge is 0.389 e. The van der Waals surface area contributed by atoms with Gasteiger partial charge in [0.05, 0.1) is 18.8 Å². The molecule has 0 saturated heterocycles. The highest BCUT2D eigenvalue weighted by molar-refractivity contribution is 7.08. The van der Waals surface area contributed by atoms with Crippen molar-refractivity contribution < 1.29 is 9.84 Å². The Morgan fingerprint density at radius 2 is 2.31 bits per heavy atom. The maximum absolute atomic E-state index is 9.72. The Hall–Kier alpha value is -0.580. The highest BCUT2D eigenvalue weighted by atomic mass is 32.1. The standard InChI is InChI=1S/C12H19NO2S/c14-11(7-13-10-5-6-16-9-10)8-15-12-3-1-2-4-12/h5-6,9,11-14H,1-4,7-8H2. The van der Waals surface area contributed by atoms with E-state index in [9.17, 15) is 5.11 Å². The van der Waals surface area contributed by atoms with Crippen LogP contribution >= 0.6 is 11.3 Å². The molecule has 1 aromatic heterocycles. The minimum absolute atomic E-state index is 0.385. The molecule has 1 heterocycles. The van der Waals surface area contributed by atoms with Crippen LogP contribution < -0.4 is 5.32 Å². The third-order valence-electron chi connectivity index (χ3n) is 2.89. The van der Waals surface area contributed by atoms with Crippen LogP contribution in [0.2, 0.25) is 0 Å². The Kier molecular flexibility index (Phi) is 4.63. The Morgan fingerprint density at radius 3 is 3.00 bits per heavy atom. The molecule has 90 valence electrons. The molecular weight excluding hydrogens is 222 g/mol. The topological polar surface area (TPSA) is 41.5 Å². The second-order valence-corrected chi connectivity index (χ2v) is 5.07. The first-order valence-corrected chi connectivity index (χ1v) is 6.84. The highest BCUT2D eigenvalue weighted by Gasteiger charge is 2.16. The van der Waals surface area contributed by atoms with Gasteiger partial charge in [0.1, 0.15) is 0 Å². The molecule has 4 heteroatoms. The second-order valence-electron chi connectivity index (χ2n) is 4.29. The number of ether oxygens (including phenoxy) is 1. The van der Waals surface area contributed by atoms with Crippen molar-refractivity contribution in [2.45, 2.75) is 37.9 Å². The van der Waals surface area contributed by atoms with Crippen LogP contribution in [0.1, 0.15) is 25.7 Å². The molecule has 1 fully saturated rings. The average molecular weight is 241 g/mol. The van der Waals surface area contributed by atoms with Gasteiger partial charge in [0.2, 0.25) is 0 Å². The Bertz CT molecular complexity index is 283. The molecule has 2 N–H and O–H groups in total. The zero-order chi connectivity index (χ0) is 11.2. The van der Waals surface area contributed by atoms with Gasteiger partial charge >= 0.3 is 0 Å². The monoisotopic (exact) mass is 241 g/mol. The molecule has 2 rings (SSSR count). The molecule has 1 atom stereocenters. The van der Waals surface area contributed by atoms with E-state index in [-0.39, 0.29) is 0 Å². The van der Waals surface area contributed by atoms with Gasteiger partial charge in [0, 0.05) is 17.6 Å². The van der Waals surface area contributed by atoms with E-state index in [1.54, 1.807) is 11.3 Å². The summed E-state index contributed by atoms with van der Waals surface area (Å²) in [7, 11) is 0. The van der Waals surface area contributed by atoms with Crippen molar-refractivity contribution in [2.75, 3.05) is 18.5 Å². The van der Waals surface area contributed by atoms with Gasteiger partial charge in [-0.15, -0.1) is 0 Å². The van der Waals surface area contributed by atoms with E-state index < -0.39 is 6.10 Å². The van der Waals surface area contributed by atoms with Gasteiger partial charge < -0.3 is 15.2 Å². The minimum Gasteiger partial charge on any atom is -0.389 e. The van der Waals surface area contributed by atoms with Crippen molar-refractivity contribution in [3.8, 4) is 0 Å². The lowest BCUT2D eigenvalue weighted by molar-refractivity contribution is -0.00116. The molecule has 0 bridgehead atoms.